The van der Waals surface area contributed by atoms with Crippen molar-refractivity contribution in [2.24, 2.45) is 0 Å². The summed E-state index contributed by atoms with van der Waals surface area (Å²) in [5.41, 5.74) is 5.34. The molecule has 2 aromatic rings. The van der Waals surface area contributed by atoms with E-state index in [-0.39, 0.29) is 0 Å². The second-order valence-electron chi connectivity index (χ2n) is 4.72. The largest absolute Gasteiger partial charge is 0.492 e. The summed E-state index contributed by atoms with van der Waals surface area (Å²) in [5.74, 6) is 0.427. The first-order chi connectivity index (χ1) is 11.5. The number of furan rings is 1. The van der Waals surface area contributed by atoms with Gasteiger partial charge in [0.25, 0.3) is 11.8 Å². The molecule has 1 aromatic carbocycles. The fourth-order valence-corrected chi connectivity index (χ4v) is 2.64. The van der Waals surface area contributed by atoms with Gasteiger partial charge in [-0.3, -0.25) is 20.4 Å². The summed E-state index contributed by atoms with van der Waals surface area (Å²) in [6, 6.07) is 4.64. The third-order valence-electron chi connectivity index (χ3n) is 3.17. The summed E-state index contributed by atoms with van der Waals surface area (Å²) in [4.78, 5) is 24.2. The number of ether oxygens (including phenoxy) is 2. The molecule has 0 radical (unpaired) electrons. The molecule has 0 atom stereocenters. The number of hydrogen-bond donors (Lipinski definition) is 2. The highest BCUT2D eigenvalue weighted by atomic mass is 79.9. The molecule has 2 N–H and O–H groups in total. The highest BCUT2D eigenvalue weighted by Crippen LogP contribution is 2.36. The van der Waals surface area contributed by atoms with Crippen molar-refractivity contribution in [1.29, 1.82) is 0 Å². The number of aryl methyl sites for hydroxylation is 1. The normalized spacial score (nSPS) is 10.2. The van der Waals surface area contributed by atoms with Crippen LogP contribution in [0, 0.1) is 6.92 Å². The Kier molecular flexibility index (Phi) is 5.86. The Bertz CT molecular complexity index is 757. The maximum absolute atomic E-state index is 12.2. The number of carbonyl (C=O) groups is 2. The molecule has 7 nitrogen and oxygen atoms in total. The van der Waals surface area contributed by atoms with E-state index >= 15 is 0 Å². The first-order valence-corrected chi connectivity index (χ1v) is 7.92. The first-order valence-electron chi connectivity index (χ1n) is 7.13. The van der Waals surface area contributed by atoms with Crippen LogP contribution in [0.4, 0.5) is 0 Å². The van der Waals surface area contributed by atoms with Gasteiger partial charge in [-0.25, -0.2) is 0 Å². The van der Waals surface area contributed by atoms with Gasteiger partial charge in [-0.15, -0.1) is 0 Å². The number of amides is 2. The van der Waals surface area contributed by atoms with Gasteiger partial charge < -0.3 is 13.9 Å². The molecule has 0 fully saturated rings. The summed E-state index contributed by atoms with van der Waals surface area (Å²) in [5, 5.41) is 0. The van der Waals surface area contributed by atoms with E-state index < -0.39 is 11.8 Å². The summed E-state index contributed by atoms with van der Waals surface area (Å²) in [6.45, 7) is 3.91. The number of methoxy groups -OCH3 is 1. The molecule has 2 rings (SSSR count). The molecule has 0 aliphatic heterocycles. The van der Waals surface area contributed by atoms with Crippen molar-refractivity contribution in [3.63, 3.8) is 0 Å². The van der Waals surface area contributed by atoms with Crippen molar-refractivity contribution in [3.8, 4) is 11.5 Å². The predicted octanol–water partition coefficient (Wildman–Crippen LogP) is 2.83. The van der Waals surface area contributed by atoms with Crippen LogP contribution < -0.4 is 20.3 Å². The van der Waals surface area contributed by atoms with E-state index in [4.69, 9.17) is 13.9 Å². The molecule has 0 aliphatic carbocycles. The molecule has 0 unspecified atom stereocenters. The number of rotatable bonds is 5. The number of carbonyl (C=O) groups excluding carboxylic acids is 2. The van der Waals surface area contributed by atoms with Gasteiger partial charge in [0.1, 0.15) is 5.76 Å². The average Bonchev–Trinajstić information content (AvgIpc) is 2.98. The second kappa shape index (κ2) is 7.87. The maximum Gasteiger partial charge on any atom is 0.273 e. The number of benzene rings is 1. The van der Waals surface area contributed by atoms with E-state index in [1.807, 2.05) is 6.92 Å². The Morgan fingerprint density at radius 1 is 1.25 bits per heavy atom. The molecule has 0 spiro atoms. The summed E-state index contributed by atoms with van der Waals surface area (Å²) in [6.07, 6.45) is 1.40. The van der Waals surface area contributed by atoms with Crippen LogP contribution in [0.15, 0.2) is 33.4 Å². The average molecular weight is 397 g/mol. The molecule has 0 saturated heterocycles. The van der Waals surface area contributed by atoms with Crippen molar-refractivity contribution < 1.29 is 23.5 Å². The van der Waals surface area contributed by atoms with Gasteiger partial charge in [-0.05, 0) is 48.0 Å². The molecule has 2 amide bonds. The SMILES string of the molecule is CCOc1cc(C(=O)NNC(=O)c2ccoc2C)cc(Br)c1OC. The van der Waals surface area contributed by atoms with Crippen molar-refractivity contribution in [3.05, 3.63) is 45.8 Å². The molecule has 0 saturated carbocycles. The molecule has 0 aliphatic rings. The molecular weight excluding hydrogens is 380 g/mol. The van der Waals surface area contributed by atoms with Crippen molar-refractivity contribution >= 4 is 27.7 Å². The molecule has 128 valence electrons. The van der Waals surface area contributed by atoms with Crippen molar-refractivity contribution in [2.45, 2.75) is 13.8 Å². The predicted molar refractivity (Wildman–Crippen MR) is 90.2 cm³/mol. The van der Waals surface area contributed by atoms with E-state index in [0.29, 0.717) is 39.5 Å². The van der Waals surface area contributed by atoms with Gasteiger partial charge in [-0.2, -0.15) is 0 Å². The standard InChI is InChI=1S/C16H17BrN2O5/c1-4-23-13-8-10(7-12(17)14(13)22-3)15(20)18-19-16(21)11-5-6-24-9(11)2/h5-8H,4H2,1-3H3,(H,18,20)(H,19,21). The lowest BCUT2D eigenvalue weighted by molar-refractivity contribution is 0.0845. The van der Waals surface area contributed by atoms with Crippen LogP contribution in [0.25, 0.3) is 0 Å². The fraction of sp³-hybridized carbons (Fsp3) is 0.250. The quantitative estimate of drug-likeness (QED) is 0.758. The third-order valence-corrected chi connectivity index (χ3v) is 3.76. The third kappa shape index (κ3) is 3.88. The minimum absolute atomic E-state index is 0.301. The smallest absolute Gasteiger partial charge is 0.273 e. The zero-order valence-electron chi connectivity index (χ0n) is 13.4. The zero-order chi connectivity index (χ0) is 17.7. The summed E-state index contributed by atoms with van der Waals surface area (Å²) >= 11 is 3.33. The number of nitrogens with one attached hydrogen (secondary N) is 2. The Hall–Kier alpha value is -2.48. The fourth-order valence-electron chi connectivity index (χ4n) is 2.03. The van der Waals surface area contributed by atoms with E-state index in [1.165, 1.54) is 25.5 Å². The van der Waals surface area contributed by atoms with Crippen LogP contribution in [-0.2, 0) is 0 Å². The van der Waals surface area contributed by atoms with Crippen LogP contribution in [0.1, 0.15) is 33.4 Å². The van der Waals surface area contributed by atoms with Crippen LogP contribution in [0.5, 0.6) is 11.5 Å². The van der Waals surface area contributed by atoms with E-state index in [0.717, 1.165) is 0 Å². The first kappa shape index (κ1) is 17.9. The van der Waals surface area contributed by atoms with Gasteiger partial charge in [-0.1, -0.05) is 0 Å². The van der Waals surface area contributed by atoms with E-state index in [1.54, 1.807) is 13.0 Å². The van der Waals surface area contributed by atoms with Gasteiger partial charge in [0.2, 0.25) is 0 Å². The lowest BCUT2D eigenvalue weighted by Crippen LogP contribution is -2.41. The van der Waals surface area contributed by atoms with Crippen LogP contribution in [-0.4, -0.2) is 25.5 Å². The summed E-state index contributed by atoms with van der Waals surface area (Å²) in [7, 11) is 1.51. The lowest BCUT2D eigenvalue weighted by atomic mass is 10.2. The molecular formula is C16H17BrN2O5. The van der Waals surface area contributed by atoms with E-state index in [2.05, 4.69) is 26.8 Å². The Morgan fingerprint density at radius 2 is 1.96 bits per heavy atom. The lowest BCUT2D eigenvalue weighted by Gasteiger charge is -2.13. The highest BCUT2D eigenvalue weighted by Gasteiger charge is 2.17. The van der Waals surface area contributed by atoms with Gasteiger partial charge >= 0.3 is 0 Å². The van der Waals surface area contributed by atoms with Gasteiger partial charge in [0.15, 0.2) is 11.5 Å². The minimum Gasteiger partial charge on any atom is -0.492 e. The Balaban J connectivity index is 2.12. The number of halogens is 1. The Labute approximate surface area is 147 Å². The van der Waals surface area contributed by atoms with Crippen molar-refractivity contribution in [1.82, 2.24) is 10.9 Å². The van der Waals surface area contributed by atoms with Crippen LogP contribution in [0.3, 0.4) is 0 Å². The highest BCUT2D eigenvalue weighted by molar-refractivity contribution is 9.10. The summed E-state index contributed by atoms with van der Waals surface area (Å²) < 4.78 is 16.3. The van der Waals surface area contributed by atoms with E-state index in [9.17, 15) is 9.59 Å². The second-order valence-corrected chi connectivity index (χ2v) is 5.58. The molecule has 24 heavy (non-hydrogen) atoms. The zero-order valence-corrected chi connectivity index (χ0v) is 15.0. The molecule has 1 heterocycles. The van der Waals surface area contributed by atoms with Gasteiger partial charge in [0, 0.05) is 5.56 Å². The monoisotopic (exact) mass is 396 g/mol. The Morgan fingerprint density at radius 3 is 2.54 bits per heavy atom. The molecule has 0 bridgehead atoms. The molecule has 8 heteroatoms. The van der Waals surface area contributed by atoms with Gasteiger partial charge in [0.05, 0.1) is 30.0 Å². The number of hydrazine groups is 1. The van der Waals surface area contributed by atoms with Crippen molar-refractivity contribution in [2.75, 3.05) is 13.7 Å². The number of hydrogen-bond acceptors (Lipinski definition) is 5. The topological polar surface area (TPSA) is 89.8 Å². The maximum atomic E-state index is 12.2. The van der Waals surface area contributed by atoms with Crippen LogP contribution >= 0.6 is 15.9 Å². The minimum atomic E-state index is -0.492. The molecule has 1 aromatic heterocycles. The van der Waals surface area contributed by atoms with Crippen LogP contribution in [0.2, 0.25) is 0 Å².